The first-order chi connectivity index (χ1) is 9.81. The molecule has 0 saturated heterocycles. The molecular weight excluding hydrogens is 246 g/mol. The van der Waals surface area contributed by atoms with Gasteiger partial charge in [-0.1, -0.05) is 36.4 Å². The van der Waals surface area contributed by atoms with Gasteiger partial charge in [0.15, 0.2) is 0 Å². The van der Waals surface area contributed by atoms with Crippen LogP contribution in [-0.2, 0) is 13.0 Å². The van der Waals surface area contributed by atoms with Crippen LogP contribution in [0.1, 0.15) is 16.8 Å². The van der Waals surface area contributed by atoms with Gasteiger partial charge in [-0.2, -0.15) is 0 Å². The molecule has 0 unspecified atom stereocenters. The monoisotopic (exact) mass is 265 g/mol. The molecule has 0 bridgehead atoms. The lowest BCUT2D eigenvalue weighted by Crippen LogP contribution is -2.16. The number of rotatable bonds is 5. The summed E-state index contributed by atoms with van der Waals surface area (Å²) in [6.45, 7) is 3.90. The lowest BCUT2D eigenvalue weighted by atomic mass is 10.1. The molecule has 0 radical (unpaired) electrons. The first-order valence-corrected chi connectivity index (χ1v) is 7.00. The summed E-state index contributed by atoms with van der Waals surface area (Å²) in [5.41, 5.74) is 4.72. The molecule has 0 spiro atoms. The molecule has 0 aliphatic carbocycles. The van der Waals surface area contributed by atoms with Crippen LogP contribution in [0.3, 0.4) is 0 Å². The van der Waals surface area contributed by atoms with Gasteiger partial charge in [-0.05, 0) is 37.1 Å². The highest BCUT2D eigenvalue weighted by Gasteiger charge is 1.99. The molecular formula is C17H19N3. The molecule has 1 N–H and O–H groups in total. The van der Waals surface area contributed by atoms with Crippen LogP contribution in [0.4, 0.5) is 0 Å². The second-order valence-electron chi connectivity index (χ2n) is 5.10. The molecule has 0 aliphatic rings. The summed E-state index contributed by atoms with van der Waals surface area (Å²) < 4.78 is 2.09. The molecule has 3 heteroatoms. The number of benzene rings is 1. The minimum Gasteiger partial charge on any atom is -0.312 e. The number of nitrogens with one attached hydrogen (secondary N) is 1. The standard InChI is InChI=1S/C17H19N3/c1-14-12-20-13-16(7-8-17(20)19-14)11-18-10-9-15-5-3-2-4-6-15/h2-8,12-13,18H,9-11H2,1H3. The Morgan fingerprint density at radius 2 is 1.85 bits per heavy atom. The Bertz CT molecular complexity index is 686. The van der Waals surface area contributed by atoms with Crippen LogP contribution in [0, 0.1) is 6.92 Å². The van der Waals surface area contributed by atoms with Crippen molar-refractivity contribution in [1.82, 2.24) is 14.7 Å². The Labute approximate surface area is 119 Å². The number of aryl methyl sites for hydroxylation is 1. The van der Waals surface area contributed by atoms with Crippen LogP contribution in [0.5, 0.6) is 0 Å². The molecule has 20 heavy (non-hydrogen) atoms. The molecule has 0 atom stereocenters. The second-order valence-corrected chi connectivity index (χ2v) is 5.10. The molecule has 0 saturated carbocycles. The zero-order valence-corrected chi connectivity index (χ0v) is 11.7. The van der Waals surface area contributed by atoms with E-state index in [1.165, 1.54) is 11.1 Å². The maximum Gasteiger partial charge on any atom is 0.136 e. The van der Waals surface area contributed by atoms with Crippen molar-refractivity contribution in [1.29, 1.82) is 0 Å². The molecule has 3 rings (SSSR count). The average molecular weight is 265 g/mol. The largest absolute Gasteiger partial charge is 0.312 e. The number of pyridine rings is 1. The van der Waals surface area contributed by atoms with E-state index in [2.05, 4.69) is 69.6 Å². The molecule has 0 fully saturated rings. The summed E-state index contributed by atoms with van der Waals surface area (Å²) in [7, 11) is 0. The molecule has 3 aromatic rings. The van der Waals surface area contributed by atoms with Crippen LogP contribution < -0.4 is 5.32 Å². The van der Waals surface area contributed by atoms with Gasteiger partial charge in [0.25, 0.3) is 0 Å². The summed E-state index contributed by atoms with van der Waals surface area (Å²) >= 11 is 0. The summed E-state index contributed by atoms with van der Waals surface area (Å²) in [4.78, 5) is 4.43. The van der Waals surface area contributed by atoms with Crippen molar-refractivity contribution in [2.75, 3.05) is 6.54 Å². The molecule has 0 aliphatic heterocycles. The average Bonchev–Trinajstić information content (AvgIpc) is 2.84. The van der Waals surface area contributed by atoms with Gasteiger partial charge in [0.05, 0.1) is 5.69 Å². The minimum absolute atomic E-state index is 0.889. The maximum atomic E-state index is 4.43. The van der Waals surface area contributed by atoms with E-state index in [-0.39, 0.29) is 0 Å². The molecule has 0 amide bonds. The summed E-state index contributed by atoms with van der Waals surface area (Å²) in [5, 5.41) is 3.49. The molecule has 102 valence electrons. The van der Waals surface area contributed by atoms with Gasteiger partial charge in [-0.3, -0.25) is 0 Å². The van der Waals surface area contributed by atoms with Crippen molar-refractivity contribution in [2.24, 2.45) is 0 Å². The SMILES string of the molecule is Cc1cn2cc(CNCCc3ccccc3)ccc2n1. The van der Waals surface area contributed by atoms with E-state index < -0.39 is 0 Å². The van der Waals surface area contributed by atoms with E-state index in [1.807, 2.05) is 6.92 Å². The van der Waals surface area contributed by atoms with Crippen molar-refractivity contribution >= 4 is 5.65 Å². The molecule has 2 aromatic heterocycles. The maximum absolute atomic E-state index is 4.43. The predicted octanol–water partition coefficient (Wildman–Crippen LogP) is 2.98. The van der Waals surface area contributed by atoms with E-state index in [0.717, 1.165) is 30.9 Å². The number of aromatic nitrogens is 2. The van der Waals surface area contributed by atoms with E-state index in [4.69, 9.17) is 0 Å². The normalized spacial score (nSPS) is 11.1. The second kappa shape index (κ2) is 5.88. The Morgan fingerprint density at radius 3 is 2.70 bits per heavy atom. The first-order valence-electron chi connectivity index (χ1n) is 7.00. The lowest BCUT2D eigenvalue weighted by molar-refractivity contribution is 0.684. The topological polar surface area (TPSA) is 29.3 Å². The van der Waals surface area contributed by atoms with Crippen LogP contribution in [0.2, 0.25) is 0 Å². The van der Waals surface area contributed by atoms with Crippen LogP contribution in [-0.4, -0.2) is 15.9 Å². The van der Waals surface area contributed by atoms with Crippen LogP contribution >= 0.6 is 0 Å². The lowest BCUT2D eigenvalue weighted by Gasteiger charge is -2.06. The Balaban J connectivity index is 1.54. The van der Waals surface area contributed by atoms with Crippen molar-refractivity contribution in [3.8, 4) is 0 Å². The zero-order valence-electron chi connectivity index (χ0n) is 11.7. The Hall–Kier alpha value is -2.13. The van der Waals surface area contributed by atoms with Crippen molar-refractivity contribution in [3.05, 3.63) is 71.7 Å². The van der Waals surface area contributed by atoms with Gasteiger partial charge in [0.1, 0.15) is 5.65 Å². The third-order valence-corrected chi connectivity index (χ3v) is 3.40. The fraction of sp³-hybridized carbons (Fsp3) is 0.235. The van der Waals surface area contributed by atoms with Crippen molar-refractivity contribution in [2.45, 2.75) is 19.9 Å². The smallest absolute Gasteiger partial charge is 0.136 e. The van der Waals surface area contributed by atoms with E-state index in [9.17, 15) is 0 Å². The van der Waals surface area contributed by atoms with Crippen LogP contribution in [0.15, 0.2) is 54.9 Å². The zero-order chi connectivity index (χ0) is 13.8. The number of fused-ring (bicyclic) bond motifs is 1. The van der Waals surface area contributed by atoms with Gasteiger partial charge in [0, 0.05) is 18.9 Å². The van der Waals surface area contributed by atoms with Gasteiger partial charge in [-0.15, -0.1) is 0 Å². The Morgan fingerprint density at radius 1 is 1.00 bits per heavy atom. The van der Waals surface area contributed by atoms with Crippen molar-refractivity contribution < 1.29 is 0 Å². The highest BCUT2D eigenvalue weighted by atomic mass is 15.0. The predicted molar refractivity (Wildman–Crippen MR) is 81.8 cm³/mol. The number of nitrogens with zero attached hydrogens (tertiary/aromatic N) is 2. The molecule has 1 aromatic carbocycles. The fourth-order valence-electron chi connectivity index (χ4n) is 2.38. The minimum atomic E-state index is 0.889. The highest BCUT2D eigenvalue weighted by molar-refractivity contribution is 5.41. The molecule has 2 heterocycles. The summed E-state index contributed by atoms with van der Waals surface area (Å²) in [6.07, 6.45) is 5.26. The van der Waals surface area contributed by atoms with Crippen molar-refractivity contribution in [3.63, 3.8) is 0 Å². The summed E-state index contributed by atoms with van der Waals surface area (Å²) in [6, 6.07) is 14.8. The van der Waals surface area contributed by atoms with Crippen LogP contribution in [0.25, 0.3) is 5.65 Å². The third kappa shape index (κ3) is 3.06. The number of imidazole rings is 1. The van der Waals surface area contributed by atoms with E-state index in [1.54, 1.807) is 0 Å². The highest BCUT2D eigenvalue weighted by Crippen LogP contribution is 2.07. The van der Waals surface area contributed by atoms with Gasteiger partial charge >= 0.3 is 0 Å². The number of hydrogen-bond donors (Lipinski definition) is 1. The number of hydrogen-bond acceptors (Lipinski definition) is 2. The first kappa shape index (κ1) is 12.9. The Kier molecular flexibility index (Phi) is 3.79. The van der Waals surface area contributed by atoms with Gasteiger partial charge < -0.3 is 9.72 Å². The molecule has 3 nitrogen and oxygen atoms in total. The van der Waals surface area contributed by atoms with Gasteiger partial charge in [-0.25, -0.2) is 4.98 Å². The third-order valence-electron chi connectivity index (χ3n) is 3.40. The fourth-order valence-corrected chi connectivity index (χ4v) is 2.38. The summed E-state index contributed by atoms with van der Waals surface area (Å²) in [5.74, 6) is 0. The van der Waals surface area contributed by atoms with E-state index in [0.29, 0.717) is 0 Å². The van der Waals surface area contributed by atoms with E-state index >= 15 is 0 Å². The van der Waals surface area contributed by atoms with Gasteiger partial charge in [0.2, 0.25) is 0 Å². The quantitative estimate of drug-likeness (QED) is 0.719.